The van der Waals surface area contributed by atoms with E-state index in [-0.39, 0.29) is 41.8 Å². The van der Waals surface area contributed by atoms with Gasteiger partial charge in [0.1, 0.15) is 0 Å². The van der Waals surface area contributed by atoms with Crippen molar-refractivity contribution in [1.82, 2.24) is 14.9 Å². The molecular weight excluding hydrogens is 450 g/mol. The Bertz CT molecular complexity index is 915. The number of ether oxygens (including phenoxy) is 2. The summed E-state index contributed by atoms with van der Waals surface area (Å²) < 4.78 is 36.8. The molecule has 0 spiro atoms. The molecule has 172 valence electrons. The second-order valence-corrected chi connectivity index (χ2v) is 9.57. The topological polar surface area (TPSA) is 131 Å². The third-order valence-electron chi connectivity index (χ3n) is 4.36. The van der Waals surface area contributed by atoms with Gasteiger partial charge in [0, 0.05) is 19.6 Å². The maximum Gasteiger partial charge on any atom is 0.340 e. The Morgan fingerprint density at radius 2 is 1.90 bits per heavy atom. The predicted molar refractivity (Wildman–Crippen MR) is 112 cm³/mol. The number of halogens is 1. The van der Waals surface area contributed by atoms with Gasteiger partial charge in [0.2, 0.25) is 10.0 Å². The Morgan fingerprint density at radius 3 is 2.55 bits per heavy atom. The van der Waals surface area contributed by atoms with Crippen molar-refractivity contribution in [1.29, 1.82) is 0 Å². The van der Waals surface area contributed by atoms with Crippen LogP contribution in [0, 0.1) is 5.92 Å². The number of morpholine rings is 1. The Hall–Kier alpha value is -2.21. The second-order valence-electron chi connectivity index (χ2n) is 7.22. The van der Waals surface area contributed by atoms with Crippen LogP contribution >= 0.6 is 11.6 Å². The van der Waals surface area contributed by atoms with E-state index in [0.29, 0.717) is 12.5 Å². The van der Waals surface area contributed by atoms with Gasteiger partial charge in [-0.25, -0.2) is 18.0 Å². The number of carbonyl (C=O) groups excluding carboxylic acids is 3. The average molecular weight is 476 g/mol. The van der Waals surface area contributed by atoms with Gasteiger partial charge < -0.3 is 14.8 Å². The van der Waals surface area contributed by atoms with E-state index in [1.807, 2.05) is 19.2 Å². The van der Waals surface area contributed by atoms with Crippen LogP contribution < -0.4 is 10.6 Å². The number of hydrogen-bond donors (Lipinski definition) is 2. The molecule has 12 heteroatoms. The second kappa shape index (κ2) is 11.4. The third-order valence-corrected chi connectivity index (χ3v) is 6.58. The van der Waals surface area contributed by atoms with Crippen LogP contribution in [0.2, 0.25) is 5.02 Å². The zero-order valence-electron chi connectivity index (χ0n) is 17.4. The van der Waals surface area contributed by atoms with Crippen LogP contribution in [0.3, 0.4) is 0 Å². The zero-order valence-corrected chi connectivity index (χ0v) is 18.9. The van der Waals surface area contributed by atoms with Gasteiger partial charge in [-0.1, -0.05) is 25.4 Å². The summed E-state index contributed by atoms with van der Waals surface area (Å²) in [6, 6.07) is 2.97. The lowest BCUT2D eigenvalue weighted by Gasteiger charge is -2.26. The van der Waals surface area contributed by atoms with Crippen LogP contribution in [-0.4, -0.2) is 70.1 Å². The minimum Gasteiger partial charge on any atom is -0.452 e. The fourth-order valence-electron chi connectivity index (χ4n) is 2.65. The summed E-state index contributed by atoms with van der Waals surface area (Å²) in [7, 11) is -3.84. The molecule has 2 rings (SSSR count). The first-order valence-electron chi connectivity index (χ1n) is 9.73. The first-order chi connectivity index (χ1) is 14.6. The fraction of sp³-hybridized carbons (Fsp3) is 0.526. The number of benzene rings is 1. The molecule has 2 N–H and O–H groups in total. The quantitative estimate of drug-likeness (QED) is 0.543. The number of carbonyl (C=O) groups is 3. The lowest BCUT2D eigenvalue weighted by molar-refractivity contribution is -0.123. The fourth-order valence-corrected chi connectivity index (χ4v) is 4.28. The minimum atomic E-state index is -3.84. The molecule has 1 aromatic rings. The molecular formula is C19H26ClN3O7S. The van der Waals surface area contributed by atoms with Gasteiger partial charge in [0.25, 0.3) is 5.91 Å². The molecule has 1 saturated heterocycles. The number of nitrogens with one attached hydrogen (secondary N) is 2. The van der Waals surface area contributed by atoms with Gasteiger partial charge >= 0.3 is 12.0 Å². The summed E-state index contributed by atoms with van der Waals surface area (Å²) >= 11 is 6.02. The summed E-state index contributed by atoms with van der Waals surface area (Å²) in [4.78, 5) is 35.6. The number of esters is 1. The maximum atomic E-state index is 12.8. The largest absolute Gasteiger partial charge is 0.452 e. The number of amides is 3. The molecule has 1 fully saturated rings. The van der Waals surface area contributed by atoms with Gasteiger partial charge in [-0.05, 0) is 30.5 Å². The first kappa shape index (κ1) is 25.1. The van der Waals surface area contributed by atoms with E-state index < -0.39 is 34.5 Å². The number of rotatable bonds is 8. The highest BCUT2D eigenvalue weighted by Gasteiger charge is 2.28. The van der Waals surface area contributed by atoms with Crippen molar-refractivity contribution < 1.29 is 32.3 Å². The summed E-state index contributed by atoms with van der Waals surface area (Å²) in [5.41, 5.74) is -0.204. The highest BCUT2D eigenvalue weighted by molar-refractivity contribution is 7.89. The number of urea groups is 1. The Kier molecular flexibility index (Phi) is 9.23. The van der Waals surface area contributed by atoms with Crippen LogP contribution in [0.25, 0.3) is 0 Å². The minimum absolute atomic E-state index is 0.0298. The molecule has 0 bridgehead atoms. The van der Waals surface area contributed by atoms with E-state index in [1.54, 1.807) is 0 Å². The predicted octanol–water partition coefficient (Wildman–Crippen LogP) is 1.39. The van der Waals surface area contributed by atoms with E-state index in [4.69, 9.17) is 21.1 Å². The third kappa shape index (κ3) is 7.46. The molecule has 1 aliphatic heterocycles. The Balaban J connectivity index is 1.96. The highest BCUT2D eigenvalue weighted by atomic mass is 35.5. The van der Waals surface area contributed by atoms with Crippen LogP contribution in [0.5, 0.6) is 0 Å². The zero-order chi connectivity index (χ0) is 23.0. The summed E-state index contributed by atoms with van der Waals surface area (Å²) in [6.45, 7) is 4.62. The number of nitrogens with zero attached hydrogens (tertiary/aromatic N) is 1. The average Bonchev–Trinajstić information content (AvgIpc) is 2.72. The monoisotopic (exact) mass is 475 g/mol. The molecule has 0 saturated carbocycles. The number of imide groups is 1. The molecule has 1 heterocycles. The van der Waals surface area contributed by atoms with Gasteiger partial charge in [0.05, 0.1) is 28.7 Å². The van der Waals surface area contributed by atoms with Crippen molar-refractivity contribution in [2.24, 2.45) is 5.92 Å². The highest BCUT2D eigenvalue weighted by Crippen LogP contribution is 2.24. The number of sulfonamides is 1. The molecule has 1 aromatic carbocycles. The van der Waals surface area contributed by atoms with Gasteiger partial charge in [-0.15, -0.1) is 0 Å². The van der Waals surface area contributed by atoms with Gasteiger partial charge in [-0.3, -0.25) is 10.1 Å². The Morgan fingerprint density at radius 1 is 1.23 bits per heavy atom. The SMILES string of the molecule is CC(C)CCNC(=O)NC(=O)COC(=O)c1cc(S(=O)(=O)N2CCOCC2)ccc1Cl. The molecule has 31 heavy (non-hydrogen) atoms. The lowest BCUT2D eigenvalue weighted by atomic mass is 10.1. The van der Waals surface area contributed by atoms with Crippen LogP contribution in [0.1, 0.15) is 30.6 Å². The maximum absolute atomic E-state index is 12.8. The summed E-state index contributed by atoms with van der Waals surface area (Å²) in [6.07, 6.45) is 0.749. The molecule has 0 radical (unpaired) electrons. The van der Waals surface area contributed by atoms with E-state index in [2.05, 4.69) is 5.32 Å². The van der Waals surface area contributed by atoms with E-state index in [9.17, 15) is 22.8 Å². The van der Waals surface area contributed by atoms with Crippen LogP contribution in [-0.2, 0) is 24.3 Å². The van der Waals surface area contributed by atoms with Crippen molar-refractivity contribution in [3.63, 3.8) is 0 Å². The summed E-state index contributed by atoms with van der Waals surface area (Å²) in [5, 5.41) is 4.53. The van der Waals surface area contributed by atoms with Crippen molar-refractivity contribution in [2.45, 2.75) is 25.2 Å². The smallest absolute Gasteiger partial charge is 0.340 e. The van der Waals surface area contributed by atoms with E-state index in [1.165, 1.54) is 16.4 Å². The molecule has 0 aromatic heterocycles. The molecule has 10 nitrogen and oxygen atoms in total. The Labute approximate surface area is 186 Å². The van der Waals surface area contributed by atoms with Crippen molar-refractivity contribution in [3.8, 4) is 0 Å². The standard InChI is InChI=1S/C19H26ClN3O7S/c1-13(2)5-6-21-19(26)22-17(24)12-30-18(25)15-11-14(3-4-16(15)20)31(27,28)23-7-9-29-10-8-23/h3-4,11,13H,5-10,12H2,1-2H3,(H2,21,22,24,26). The van der Waals surface area contributed by atoms with E-state index >= 15 is 0 Å². The number of hydrogen-bond acceptors (Lipinski definition) is 7. The van der Waals surface area contributed by atoms with Crippen LogP contribution in [0.15, 0.2) is 23.1 Å². The molecule has 0 aliphatic carbocycles. The van der Waals surface area contributed by atoms with Crippen molar-refractivity contribution in [2.75, 3.05) is 39.5 Å². The van der Waals surface area contributed by atoms with Gasteiger partial charge in [0.15, 0.2) is 6.61 Å². The molecule has 0 unspecified atom stereocenters. The normalized spacial score (nSPS) is 14.8. The van der Waals surface area contributed by atoms with Crippen molar-refractivity contribution in [3.05, 3.63) is 28.8 Å². The van der Waals surface area contributed by atoms with Gasteiger partial charge in [-0.2, -0.15) is 4.31 Å². The molecule has 1 aliphatic rings. The lowest BCUT2D eigenvalue weighted by Crippen LogP contribution is -2.42. The first-order valence-corrected chi connectivity index (χ1v) is 11.6. The molecule has 3 amide bonds. The van der Waals surface area contributed by atoms with E-state index in [0.717, 1.165) is 12.5 Å². The van der Waals surface area contributed by atoms with Crippen molar-refractivity contribution >= 4 is 39.5 Å². The van der Waals surface area contributed by atoms with Crippen LogP contribution in [0.4, 0.5) is 4.79 Å². The molecule has 0 atom stereocenters. The summed E-state index contributed by atoms with van der Waals surface area (Å²) in [5.74, 6) is -1.42.